The third kappa shape index (κ3) is 5.50. The molecular formula is C13H23N5O3. The van der Waals surface area contributed by atoms with Crippen LogP contribution in [-0.4, -0.2) is 41.7 Å². The lowest BCUT2D eigenvalue weighted by Crippen LogP contribution is -2.14. The first-order valence-electron chi connectivity index (χ1n) is 6.98. The first kappa shape index (κ1) is 17.1. The number of hydrogen-bond acceptors (Lipinski definition) is 7. The van der Waals surface area contributed by atoms with Crippen LogP contribution in [0.15, 0.2) is 0 Å². The van der Waals surface area contributed by atoms with E-state index in [2.05, 4.69) is 34.4 Å². The van der Waals surface area contributed by atoms with E-state index in [1.165, 1.54) is 0 Å². The average Bonchev–Trinajstić information content (AvgIpc) is 2.41. The minimum Gasteiger partial charge on any atom is -0.380 e. The van der Waals surface area contributed by atoms with E-state index in [0.717, 1.165) is 6.42 Å². The second-order valence-corrected chi connectivity index (χ2v) is 5.06. The number of nitrogens with one attached hydrogen (secondary N) is 2. The molecule has 0 atom stereocenters. The molecule has 0 amide bonds. The first-order valence-corrected chi connectivity index (χ1v) is 6.98. The molecule has 0 aliphatic carbocycles. The molecule has 118 valence electrons. The number of aryl methyl sites for hydroxylation is 1. The van der Waals surface area contributed by atoms with Gasteiger partial charge in [-0.05, 0) is 19.3 Å². The molecule has 2 N–H and O–H groups in total. The predicted octanol–water partition coefficient (Wildman–Crippen LogP) is 2.21. The van der Waals surface area contributed by atoms with Gasteiger partial charge in [0.05, 0.1) is 11.5 Å². The number of aromatic nitrogens is 2. The van der Waals surface area contributed by atoms with Crippen molar-refractivity contribution in [1.82, 2.24) is 9.97 Å². The van der Waals surface area contributed by atoms with Crippen LogP contribution < -0.4 is 10.6 Å². The van der Waals surface area contributed by atoms with Crippen molar-refractivity contribution in [1.29, 1.82) is 0 Å². The van der Waals surface area contributed by atoms with E-state index in [0.29, 0.717) is 37.3 Å². The Morgan fingerprint density at radius 1 is 1.33 bits per heavy atom. The van der Waals surface area contributed by atoms with Crippen molar-refractivity contribution in [2.45, 2.75) is 27.2 Å². The molecular weight excluding hydrogens is 274 g/mol. The Labute approximate surface area is 124 Å². The Morgan fingerprint density at radius 2 is 2.05 bits per heavy atom. The lowest BCUT2D eigenvalue weighted by molar-refractivity contribution is -0.385. The molecule has 0 fully saturated rings. The van der Waals surface area contributed by atoms with Gasteiger partial charge in [-0.2, -0.15) is 4.98 Å². The number of ether oxygens (including phenoxy) is 1. The maximum atomic E-state index is 11.1. The highest BCUT2D eigenvalue weighted by atomic mass is 16.6. The van der Waals surface area contributed by atoms with Gasteiger partial charge in [-0.1, -0.05) is 13.8 Å². The highest BCUT2D eigenvalue weighted by Gasteiger charge is 2.21. The van der Waals surface area contributed by atoms with Crippen LogP contribution in [0.1, 0.15) is 26.0 Å². The highest BCUT2D eigenvalue weighted by molar-refractivity contribution is 5.60. The Hall–Kier alpha value is -1.96. The van der Waals surface area contributed by atoms with Gasteiger partial charge in [0, 0.05) is 20.2 Å². The maximum absolute atomic E-state index is 11.1. The predicted molar refractivity (Wildman–Crippen MR) is 81.7 cm³/mol. The van der Waals surface area contributed by atoms with E-state index in [1.54, 1.807) is 14.0 Å². The van der Waals surface area contributed by atoms with Crippen LogP contribution >= 0.6 is 0 Å². The van der Waals surface area contributed by atoms with Gasteiger partial charge in [-0.25, -0.2) is 4.98 Å². The second kappa shape index (κ2) is 8.35. The molecule has 0 radical (unpaired) electrons. The molecule has 0 saturated heterocycles. The highest BCUT2D eigenvalue weighted by Crippen LogP contribution is 2.26. The molecule has 0 spiro atoms. The first-order chi connectivity index (χ1) is 9.95. The summed E-state index contributed by atoms with van der Waals surface area (Å²) in [5, 5.41) is 16.8. The summed E-state index contributed by atoms with van der Waals surface area (Å²) in [7, 11) is 1.67. The summed E-state index contributed by atoms with van der Waals surface area (Å²) < 4.78 is 5.46. The van der Waals surface area contributed by atoms with E-state index in [1.807, 2.05) is 0 Å². The van der Waals surface area contributed by atoms with Gasteiger partial charge in [0.2, 0.25) is 11.8 Å². The minimum absolute atomic E-state index is 0.101. The molecule has 0 aromatic carbocycles. The van der Waals surface area contributed by atoms with E-state index >= 15 is 0 Å². The molecule has 0 saturated carbocycles. The zero-order chi connectivity index (χ0) is 15.8. The van der Waals surface area contributed by atoms with Crippen LogP contribution in [0.4, 0.5) is 17.5 Å². The lowest BCUT2D eigenvalue weighted by Gasteiger charge is -2.10. The van der Waals surface area contributed by atoms with Gasteiger partial charge >= 0.3 is 5.69 Å². The van der Waals surface area contributed by atoms with Crippen molar-refractivity contribution in [3.63, 3.8) is 0 Å². The third-order valence-electron chi connectivity index (χ3n) is 2.84. The van der Waals surface area contributed by atoms with Gasteiger partial charge in [0.15, 0.2) is 0 Å². The van der Waals surface area contributed by atoms with Crippen LogP contribution in [0.2, 0.25) is 0 Å². The van der Waals surface area contributed by atoms with Crippen LogP contribution in [-0.2, 0) is 4.74 Å². The molecule has 21 heavy (non-hydrogen) atoms. The summed E-state index contributed by atoms with van der Waals surface area (Å²) in [6.07, 6.45) is 0.997. The van der Waals surface area contributed by atoms with E-state index in [-0.39, 0.29) is 11.5 Å². The molecule has 0 aliphatic heterocycles. The minimum atomic E-state index is -0.475. The summed E-state index contributed by atoms with van der Waals surface area (Å²) >= 11 is 0. The molecule has 0 aliphatic rings. The maximum Gasteiger partial charge on any atom is 0.332 e. The Bertz CT molecular complexity index is 479. The summed E-state index contributed by atoms with van der Waals surface area (Å²) in [6, 6.07) is 0. The van der Waals surface area contributed by atoms with E-state index < -0.39 is 4.92 Å². The Kier molecular flexibility index (Phi) is 6.80. The fraction of sp³-hybridized carbons (Fsp3) is 0.692. The molecule has 8 heteroatoms. The largest absolute Gasteiger partial charge is 0.380 e. The van der Waals surface area contributed by atoms with Gasteiger partial charge < -0.3 is 15.4 Å². The normalized spacial score (nSPS) is 10.7. The average molecular weight is 297 g/mol. The van der Waals surface area contributed by atoms with E-state index in [4.69, 9.17) is 4.74 Å². The zero-order valence-electron chi connectivity index (χ0n) is 13.0. The smallest absolute Gasteiger partial charge is 0.332 e. The van der Waals surface area contributed by atoms with Crippen LogP contribution in [0, 0.1) is 23.0 Å². The lowest BCUT2D eigenvalue weighted by atomic mass is 10.1. The monoisotopic (exact) mass is 297 g/mol. The zero-order valence-corrected chi connectivity index (χ0v) is 13.0. The van der Waals surface area contributed by atoms with Gasteiger partial charge in [-0.3, -0.25) is 10.1 Å². The summed E-state index contributed by atoms with van der Waals surface area (Å²) in [5.41, 5.74) is 0.221. The molecule has 0 bridgehead atoms. The van der Waals surface area contributed by atoms with Gasteiger partial charge in [0.25, 0.3) is 0 Å². The molecule has 1 aromatic rings. The summed E-state index contributed by atoms with van der Waals surface area (Å²) in [6.45, 7) is 7.47. The topological polar surface area (TPSA) is 102 Å². The number of rotatable bonds is 9. The Balaban J connectivity index is 2.60. The number of nitro groups is 1. The van der Waals surface area contributed by atoms with Crippen LogP contribution in [0.3, 0.4) is 0 Å². The molecule has 8 nitrogen and oxygen atoms in total. The van der Waals surface area contributed by atoms with Crippen molar-refractivity contribution >= 4 is 17.5 Å². The van der Waals surface area contributed by atoms with Gasteiger partial charge in [0.1, 0.15) is 5.69 Å². The quantitative estimate of drug-likeness (QED) is 0.409. The summed E-state index contributed by atoms with van der Waals surface area (Å²) in [5.74, 6) is 1.16. The fourth-order valence-corrected chi connectivity index (χ4v) is 1.68. The fourth-order valence-electron chi connectivity index (χ4n) is 1.68. The third-order valence-corrected chi connectivity index (χ3v) is 2.84. The molecule has 1 heterocycles. The van der Waals surface area contributed by atoms with Crippen molar-refractivity contribution in [3.8, 4) is 0 Å². The second-order valence-electron chi connectivity index (χ2n) is 5.06. The number of hydrogen-bond donors (Lipinski definition) is 2. The number of nitrogens with zero attached hydrogens (tertiary/aromatic N) is 3. The van der Waals surface area contributed by atoms with Gasteiger partial charge in [-0.15, -0.1) is 0 Å². The molecule has 1 rings (SSSR count). The molecule has 0 unspecified atom stereocenters. The van der Waals surface area contributed by atoms with Crippen molar-refractivity contribution < 1.29 is 9.66 Å². The van der Waals surface area contributed by atoms with Crippen molar-refractivity contribution in [3.05, 3.63) is 15.8 Å². The standard InChI is InChI=1S/C13H23N5O3/c1-9(2)5-7-21-8-6-15-12-11(18(19)20)10(3)16-13(14-4)17-12/h9H,5-8H2,1-4H3,(H2,14,15,16,17). The Morgan fingerprint density at radius 3 is 2.62 bits per heavy atom. The van der Waals surface area contributed by atoms with Crippen LogP contribution in [0.5, 0.6) is 0 Å². The van der Waals surface area contributed by atoms with E-state index in [9.17, 15) is 10.1 Å². The SMILES string of the molecule is CNc1nc(C)c([N+](=O)[O-])c(NCCOCCC(C)C)n1. The van der Waals surface area contributed by atoms with Crippen molar-refractivity contribution in [2.75, 3.05) is 37.4 Å². The van der Waals surface area contributed by atoms with Crippen molar-refractivity contribution in [2.24, 2.45) is 5.92 Å². The number of anilines is 2. The molecule has 1 aromatic heterocycles. The van der Waals surface area contributed by atoms with Crippen LogP contribution in [0.25, 0.3) is 0 Å². The summed E-state index contributed by atoms with van der Waals surface area (Å²) in [4.78, 5) is 18.7.